The Bertz CT molecular complexity index is 917. The molecule has 0 aromatic carbocycles. The van der Waals surface area contributed by atoms with Gasteiger partial charge in [-0.05, 0) is 18.2 Å². The van der Waals surface area contributed by atoms with E-state index in [2.05, 4.69) is 11.6 Å². The van der Waals surface area contributed by atoms with Crippen LogP contribution >= 0.6 is 34.7 Å². The molecule has 2 aromatic heterocycles. The molecule has 1 amide bonds. The van der Waals surface area contributed by atoms with Gasteiger partial charge in [0.15, 0.2) is 0 Å². The maximum atomic E-state index is 12.9. The number of thioether (sulfide) groups is 1. The molecule has 6 nitrogen and oxygen atoms in total. The molecule has 0 aliphatic carbocycles. The molecule has 3 rings (SSSR count). The average Bonchev–Trinajstić information content (AvgIpc) is 3.31. The van der Waals surface area contributed by atoms with E-state index in [-0.39, 0.29) is 16.5 Å². The topological polar surface area (TPSA) is 73.5 Å². The van der Waals surface area contributed by atoms with E-state index in [1.807, 2.05) is 6.07 Å². The molecule has 0 atom stereocenters. The number of nitrogens with zero attached hydrogens (tertiary/aromatic N) is 2. The minimum Gasteiger partial charge on any atom is -0.356 e. The zero-order chi connectivity index (χ0) is 19.4. The van der Waals surface area contributed by atoms with Crippen LogP contribution in [0.15, 0.2) is 41.9 Å². The highest BCUT2D eigenvalue weighted by molar-refractivity contribution is 7.99. The summed E-state index contributed by atoms with van der Waals surface area (Å²) in [6, 6.07) is 5.07. The number of thiophene rings is 1. The van der Waals surface area contributed by atoms with Crippen molar-refractivity contribution in [1.82, 2.24) is 14.2 Å². The van der Waals surface area contributed by atoms with Crippen LogP contribution in [0.1, 0.15) is 15.4 Å². The predicted octanol–water partition coefficient (Wildman–Crippen LogP) is 3.30. The van der Waals surface area contributed by atoms with Crippen LogP contribution in [0.5, 0.6) is 0 Å². The van der Waals surface area contributed by atoms with Crippen molar-refractivity contribution in [2.45, 2.75) is 11.4 Å². The molecule has 10 heteroatoms. The van der Waals surface area contributed by atoms with Crippen LogP contribution in [-0.2, 0) is 16.6 Å². The number of H-pyrrole nitrogens is 1. The van der Waals surface area contributed by atoms with Crippen molar-refractivity contribution in [2.24, 2.45) is 0 Å². The zero-order valence-electron chi connectivity index (χ0n) is 14.6. The maximum Gasteiger partial charge on any atom is 0.270 e. The Kier molecular flexibility index (Phi) is 6.69. The third-order valence-corrected chi connectivity index (χ3v) is 8.14. The Balaban J connectivity index is 1.78. The van der Waals surface area contributed by atoms with E-state index in [4.69, 9.17) is 11.6 Å². The van der Waals surface area contributed by atoms with Crippen LogP contribution in [0.2, 0.25) is 4.34 Å². The monoisotopic (exact) mass is 445 g/mol. The van der Waals surface area contributed by atoms with Crippen molar-refractivity contribution in [2.75, 3.05) is 31.1 Å². The molecule has 0 radical (unpaired) electrons. The van der Waals surface area contributed by atoms with E-state index in [0.29, 0.717) is 30.5 Å². The van der Waals surface area contributed by atoms with Gasteiger partial charge in [-0.15, -0.1) is 17.9 Å². The normalized spacial score (nSPS) is 15.6. The van der Waals surface area contributed by atoms with Crippen molar-refractivity contribution in [3.8, 4) is 0 Å². The van der Waals surface area contributed by atoms with Crippen LogP contribution in [-0.4, -0.2) is 59.7 Å². The van der Waals surface area contributed by atoms with E-state index in [0.717, 1.165) is 16.4 Å². The van der Waals surface area contributed by atoms with Crippen LogP contribution < -0.4 is 0 Å². The summed E-state index contributed by atoms with van der Waals surface area (Å²) in [5.41, 5.74) is 0.240. The summed E-state index contributed by atoms with van der Waals surface area (Å²) >= 11 is 9.11. The minimum atomic E-state index is -3.59. The Morgan fingerprint density at radius 3 is 2.74 bits per heavy atom. The lowest BCUT2D eigenvalue weighted by Gasteiger charge is -2.25. The SMILES string of the molecule is C=CCN(Cc1ccc(Cl)s1)C(=O)c1cc(S(=O)(=O)N2CCSCC2)c[nH]1. The van der Waals surface area contributed by atoms with Crippen molar-refractivity contribution in [3.63, 3.8) is 0 Å². The van der Waals surface area contributed by atoms with Crippen molar-refractivity contribution in [3.05, 3.63) is 52.0 Å². The van der Waals surface area contributed by atoms with Crippen LogP contribution in [0.25, 0.3) is 0 Å². The minimum absolute atomic E-state index is 0.121. The molecule has 1 fully saturated rings. The van der Waals surface area contributed by atoms with Gasteiger partial charge in [-0.3, -0.25) is 4.79 Å². The van der Waals surface area contributed by atoms with E-state index >= 15 is 0 Å². The molecule has 27 heavy (non-hydrogen) atoms. The molecule has 0 bridgehead atoms. The van der Waals surface area contributed by atoms with Gasteiger partial charge in [0.05, 0.1) is 10.9 Å². The number of hydrogen-bond acceptors (Lipinski definition) is 5. The molecule has 0 saturated carbocycles. The van der Waals surface area contributed by atoms with Crippen LogP contribution in [0.4, 0.5) is 0 Å². The number of halogens is 1. The molecule has 0 spiro atoms. The fourth-order valence-corrected chi connectivity index (χ4v) is 6.43. The van der Waals surface area contributed by atoms with E-state index in [1.165, 1.54) is 27.9 Å². The summed E-state index contributed by atoms with van der Waals surface area (Å²) < 4.78 is 27.6. The zero-order valence-corrected chi connectivity index (χ0v) is 17.8. The first-order valence-corrected chi connectivity index (χ1v) is 12.1. The lowest BCUT2D eigenvalue weighted by atomic mass is 10.3. The largest absolute Gasteiger partial charge is 0.356 e. The van der Waals surface area contributed by atoms with Gasteiger partial charge in [0, 0.05) is 42.2 Å². The molecule has 0 unspecified atom stereocenters. The summed E-state index contributed by atoms with van der Waals surface area (Å²) in [6.07, 6.45) is 3.03. The predicted molar refractivity (Wildman–Crippen MR) is 111 cm³/mol. The van der Waals surface area contributed by atoms with E-state index in [1.54, 1.807) is 28.8 Å². The van der Waals surface area contributed by atoms with E-state index < -0.39 is 10.0 Å². The van der Waals surface area contributed by atoms with Crippen molar-refractivity contribution in [1.29, 1.82) is 0 Å². The maximum absolute atomic E-state index is 12.9. The average molecular weight is 446 g/mol. The summed E-state index contributed by atoms with van der Waals surface area (Å²) in [4.78, 5) is 18.3. The number of carbonyl (C=O) groups is 1. The number of nitrogens with one attached hydrogen (secondary N) is 1. The molecule has 2 aromatic rings. The van der Waals surface area contributed by atoms with Gasteiger partial charge < -0.3 is 9.88 Å². The molecule has 1 aliphatic heterocycles. The van der Waals surface area contributed by atoms with Gasteiger partial charge in [0.2, 0.25) is 10.0 Å². The number of amides is 1. The second kappa shape index (κ2) is 8.83. The first kappa shape index (κ1) is 20.5. The summed E-state index contributed by atoms with van der Waals surface area (Å²) in [5, 5.41) is 0. The standard InChI is InChI=1S/C17H20ClN3O3S3/c1-2-5-20(12-13-3-4-16(18)26-13)17(22)15-10-14(11-19-15)27(23,24)21-6-8-25-9-7-21/h2-4,10-11,19H,1,5-9,12H2. The van der Waals surface area contributed by atoms with Gasteiger partial charge in [-0.2, -0.15) is 16.1 Å². The van der Waals surface area contributed by atoms with Crippen LogP contribution in [0.3, 0.4) is 0 Å². The molecule has 1 N–H and O–H groups in total. The Labute approximate surface area is 172 Å². The van der Waals surface area contributed by atoms with E-state index in [9.17, 15) is 13.2 Å². The molecule has 146 valence electrons. The highest BCUT2D eigenvalue weighted by Crippen LogP contribution is 2.24. The highest BCUT2D eigenvalue weighted by atomic mass is 35.5. The van der Waals surface area contributed by atoms with Gasteiger partial charge in [0.25, 0.3) is 5.91 Å². The molecular weight excluding hydrogens is 426 g/mol. The highest BCUT2D eigenvalue weighted by Gasteiger charge is 2.28. The quantitative estimate of drug-likeness (QED) is 0.663. The number of carbonyl (C=O) groups excluding carboxylic acids is 1. The first-order chi connectivity index (χ1) is 12.9. The molecule has 1 aliphatic rings. The number of sulfonamides is 1. The Morgan fingerprint density at radius 2 is 2.11 bits per heavy atom. The Morgan fingerprint density at radius 1 is 1.37 bits per heavy atom. The van der Waals surface area contributed by atoms with Crippen molar-refractivity contribution >= 4 is 50.6 Å². The van der Waals surface area contributed by atoms with Gasteiger partial charge in [0.1, 0.15) is 10.6 Å². The van der Waals surface area contributed by atoms with Gasteiger partial charge in [-0.1, -0.05) is 17.7 Å². The second-order valence-corrected chi connectivity index (χ2v) is 10.9. The fraction of sp³-hybridized carbons (Fsp3) is 0.353. The molecular formula is C17H20ClN3O3S3. The summed E-state index contributed by atoms with van der Waals surface area (Å²) in [6.45, 7) is 5.40. The Hall–Kier alpha value is -1.26. The second-order valence-electron chi connectivity index (χ2n) is 5.95. The molecule has 3 heterocycles. The number of aromatic nitrogens is 1. The number of rotatable bonds is 7. The smallest absolute Gasteiger partial charge is 0.270 e. The first-order valence-electron chi connectivity index (χ1n) is 8.32. The molecule has 1 saturated heterocycles. The van der Waals surface area contributed by atoms with Gasteiger partial charge >= 0.3 is 0 Å². The fourth-order valence-electron chi connectivity index (χ4n) is 2.75. The third kappa shape index (κ3) is 4.78. The van der Waals surface area contributed by atoms with Crippen molar-refractivity contribution < 1.29 is 13.2 Å². The lowest BCUT2D eigenvalue weighted by molar-refractivity contribution is 0.0759. The summed E-state index contributed by atoms with van der Waals surface area (Å²) in [7, 11) is -3.59. The third-order valence-electron chi connectivity index (χ3n) is 4.11. The summed E-state index contributed by atoms with van der Waals surface area (Å²) in [5.74, 6) is 1.28. The lowest BCUT2D eigenvalue weighted by Crippen LogP contribution is -2.37. The van der Waals surface area contributed by atoms with Crippen LogP contribution in [0, 0.1) is 0 Å². The van der Waals surface area contributed by atoms with Gasteiger partial charge in [-0.25, -0.2) is 8.42 Å². The number of hydrogen-bond donors (Lipinski definition) is 1. The number of aromatic amines is 1.